The summed E-state index contributed by atoms with van der Waals surface area (Å²) in [6, 6.07) is 22.9. The molecule has 1 fully saturated rings. The molecule has 3 heterocycles. The first-order valence-electron chi connectivity index (χ1n) is 13.5. The lowest BCUT2D eigenvalue weighted by molar-refractivity contribution is 0.294. The highest BCUT2D eigenvalue weighted by molar-refractivity contribution is 7.85. The molecule has 0 amide bonds. The van der Waals surface area contributed by atoms with Crippen LogP contribution in [0.3, 0.4) is 0 Å². The first-order chi connectivity index (χ1) is 19.2. The van der Waals surface area contributed by atoms with E-state index >= 15 is 0 Å². The fourth-order valence-electron chi connectivity index (χ4n) is 5.04. The summed E-state index contributed by atoms with van der Waals surface area (Å²) >= 11 is 0. The minimum absolute atomic E-state index is 0.608. The molecule has 9 heteroatoms. The molecule has 0 spiro atoms. The molecule has 0 aliphatic carbocycles. The Morgan fingerprint density at radius 2 is 1.74 bits per heavy atom. The molecule has 0 bridgehead atoms. The maximum absolute atomic E-state index is 11.5. The Hall–Kier alpha value is -3.82. The normalized spacial score (nSPS) is 14.7. The largest absolute Gasteiger partial charge is 0.385 e. The Balaban J connectivity index is 1.10. The average molecular weight is 540 g/mol. The van der Waals surface area contributed by atoms with Crippen LogP contribution < -0.4 is 10.6 Å². The fraction of sp³-hybridized carbons (Fsp3) is 0.300. The Bertz CT molecular complexity index is 1580. The average Bonchev–Trinajstić information content (AvgIpc) is 3.36. The third-order valence-corrected chi connectivity index (χ3v) is 8.49. The van der Waals surface area contributed by atoms with Gasteiger partial charge in [-0.2, -0.15) is 5.10 Å². The standard InChI is InChI=1S/C30H33N7OS/c38-39-16-14-36(15-17-39)13-5-4-12-31-25-8-10-28-27(19-25)30(33-22-32-28)35-26-9-11-29-24(18-26)20-34-37(29)21-23-6-2-1-3-7-23/h1-3,6-11,18-20,22,31H,4-5,12-17,21H2,(H,32,33,35). The van der Waals surface area contributed by atoms with E-state index in [-0.39, 0.29) is 0 Å². The Labute approximate surface area is 230 Å². The van der Waals surface area contributed by atoms with Crippen LogP contribution in [0.1, 0.15) is 18.4 Å². The van der Waals surface area contributed by atoms with Crippen molar-refractivity contribution in [3.8, 4) is 0 Å². The number of benzene rings is 3. The molecule has 2 aromatic heterocycles. The molecule has 2 N–H and O–H groups in total. The lowest BCUT2D eigenvalue weighted by atomic mass is 10.2. The summed E-state index contributed by atoms with van der Waals surface area (Å²) < 4.78 is 13.6. The minimum Gasteiger partial charge on any atom is -0.385 e. The second-order valence-corrected chi connectivity index (χ2v) is 11.7. The van der Waals surface area contributed by atoms with Crippen LogP contribution in [0.25, 0.3) is 21.8 Å². The zero-order valence-corrected chi connectivity index (χ0v) is 22.7. The molecule has 1 saturated heterocycles. The van der Waals surface area contributed by atoms with E-state index in [1.807, 2.05) is 23.0 Å². The number of aromatic nitrogens is 4. The Kier molecular flexibility index (Phi) is 7.78. The molecule has 1 aliphatic rings. The fourth-order valence-corrected chi connectivity index (χ4v) is 6.17. The minimum atomic E-state index is -0.608. The van der Waals surface area contributed by atoms with Crippen molar-refractivity contribution in [3.05, 3.63) is 84.8 Å². The third-order valence-electron chi connectivity index (χ3n) is 7.22. The van der Waals surface area contributed by atoms with E-state index in [1.165, 1.54) is 5.56 Å². The summed E-state index contributed by atoms with van der Waals surface area (Å²) in [5.74, 6) is 2.42. The second kappa shape index (κ2) is 11.9. The van der Waals surface area contributed by atoms with E-state index in [0.717, 1.165) is 96.1 Å². The van der Waals surface area contributed by atoms with Crippen LogP contribution >= 0.6 is 0 Å². The van der Waals surface area contributed by atoms with Crippen LogP contribution in [-0.2, 0) is 17.3 Å². The van der Waals surface area contributed by atoms with Gasteiger partial charge in [0.2, 0.25) is 0 Å². The highest BCUT2D eigenvalue weighted by Gasteiger charge is 2.14. The highest BCUT2D eigenvalue weighted by Crippen LogP contribution is 2.28. The number of fused-ring (bicyclic) bond motifs is 2. The molecule has 0 unspecified atom stereocenters. The van der Waals surface area contributed by atoms with Crippen molar-refractivity contribution in [3.63, 3.8) is 0 Å². The SMILES string of the molecule is O=S1CCN(CCCCNc2ccc3ncnc(Nc4ccc5c(cnn5Cc5ccccc5)c4)c3c2)CC1. The maximum atomic E-state index is 11.5. The van der Waals surface area contributed by atoms with Crippen LogP contribution in [0.2, 0.25) is 0 Å². The van der Waals surface area contributed by atoms with Crippen molar-refractivity contribution >= 4 is 49.8 Å². The molecule has 200 valence electrons. The van der Waals surface area contributed by atoms with Crippen molar-refractivity contribution in [1.29, 1.82) is 0 Å². The lowest BCUT2D eigenvalue weighted by Crippen LogP contribution is -2.38. The van der Waals surface area contributed by atoms with Gasteiger partial charge in [-0.05, 0) is 61.3 Å². The van der Waals surface area contributed by atoms with Gasteiger partial charge in [-0.25, -0.2) is 9.97 Å². The molecule has 1 aliphatic heterocycles. The number of nitrogens with zero attached hydrogens (tertiary/aromatic N) is 5. The summed E-state index contributed by atoms with van der Waals surface area (Å²) in [5.41, 5.74) is 5.24. The predicted octanol–water partition coefficient (Wildman–Crippen LogP) is 5.03. The summed E-state index contributed by atoms with van der Waals surface area (Å²) in [7, 11) is -0.608. The van der Waals surface area contributed by atoms with Crippen LogP contribution in [-0.4, -0.2) is 66.5 Å². The molecule has 5 aromatic rings. The molecule has 39 heavy (non-hydrogen) atoms. The van der Waals surface area contributed by atoms with Gasteiger partial charge >= 0.3 is 0 Å². The molecular weight excluding hydrogens is 506 g/mol. The summed E-state index contributed by atoms with van der Waals surface area (Å²) in [6.07, 6.45) is 5.74. The van der Waals surface area contributed by atoms with E-state index in [9.17, 15) is 4.21 Å². The molecule has 8 nitrogen and oxygen atoms in total. The van der Waals surface area contributed by atoms with Crippen molar-refractivity contribution in [2.24, 2.45) is 0 Å². The summed E-state index contributed by atoms with van der Waals surface area (Å²) in [6.45, 7) is 4.65. The maximum Gasteiger partial charge on any atom is 0.141 e. The van der Waals surface area contributed by atoms with Crippen LogP contribution in [0.4, 0.5) is 17.2 Å². The van der Waals surface area contributed by atoms with Gasteiger partial charge in [0.05, 0.1) is 23.8 Å². The van der Waals surface area contributed by atoms with E-state index in [0.29, 0.717) is 0 Å². The highest BCUT2D eigenvalue weighted by atomic mass is 32.2. The summed E-state index contributed by atoms with van der Waals surface area (Å²) in [4.78, 5) is 11.4. The molecule has 6 rings (SSSR count). The number of rotatable bonds is 10. The first-order valence-corrected chi connectivity index (χ1v) is 15.0. The predicted molar refractivity (Wildman–Crippen MR) is 160 cm³/mol. The van der Waals surface area contributed by atoms with Crippen LogP contribution in [0.15, 0.2) is 79.3 Å². The van der Waals surface area contributed by atoms with Crippen molar-refractivity contribution in [1.82, 2.24) is 24.6 Å². The molecule has 0 atom stereocenters. The van der Waals surface area contributed by atoms with E-state index in [2.05, 4.69) is 85.2 Å². The number of anilines is 3. The van der Waals surface area contributed by atoms with Crippen LogP contribution in [0, 0.1) is 0 Å². The quantitative estimate of drug-likeness (QED) is 0.241. The van der Waals surface area contributed by atoms with Gasteiger partial charge in [0, 0.05) is 64.1 Å². The van der Waals surface area contributed by atoms with E-state index in [1.54, 1.807) is 6.33 Å². The number of hydrogen-bond donors (Lipinski definition) is 2. The van der Waals surface area contributed by atoms with Gasteiger partial charge in [-0.15, -0.1) is 0 Å². The second-order valence-electron chi connectivity index (χ2n) is 9.96. The van der Waals surface area contributed by atoms with Gasteiger partial charge in [0.25, 0.3) is 0 Å². The van der Waals surface area contributed by atoms with Crippen molar-refractivity contribution in [2.75, 3.05) is 48.3 Å². The molecule has 0 saturated carbocycles. The molecule has 0 radical (unpaired) electrons. The van der Waals surface area contributed by atoms with Gasteiger partial charge in [0.1, 0.15) is 12.1 Å². The number of hydrogen-bond acceptors (Lipinski definition) is 7. The number of nitrogens with one attached hydrogen (secondary N) is 2. The molecule has 3 aromatic carbocycles. The Morgan fingerprint density at radius 3 is 2.62 bits per heavy atom. The van der Waals surface area contributed by atoms with E-state index < -0.39 is 10.8 Å². The van der Waals surface area contributed by atoms with Gasteiger partial charge in [0.15, 0.2) is 0 Å². The third kappa shape index (κ3) is 6.26. The smallest absolute Gasteiger partial charge is 0.141 e. The van der Waals surface area contributed by atoms with Gasteiger partial charge in [-0.3, -0.25) is 8.89 Å². The van der Waals surface area contributed by atoms with Crippen LogP contribution in [0.5, 0.6) is 0 Å². The zero-order valence-electron chi connectivity index (χ0n) is 21.9. The first kappa shape index (κ1) is 25.5. The topological polar surface area (TPSA) is 88.0 Å². The van der Waals surface area contributed by atoms with Gasteiger partial charge < -0.3 is 15.5 Å². The monoisotopic (exact) mass is 539 g/mol. The van der Waals surface area contributed by atoms with Crippen molar-refractivity contribution in [2.45, 2.75) is 19.4 Å². The zero-order chi connectivity index (χ0) is 26.4. The lowest BCUT2D eigenvalue weighted by Gasteiger charge is -2.25. The Morgan fingerprint density at radius 1 is 0.897 bits per heavy atom. The van der Waals surface area contributed by atoms with Gasteiger partial charge in [-0.1, -0.05) is 30.3 Å². The van der Waals surface area contributed by atoms with Crippen molar-refractivity contribution < 1.29 is 4.21 Å². The summed E-state index contributed by atoms with van der Waals surface area (Å²) in [5, 5.41) is 13.7. The molecular formula is C30H33N7OS. The van der Waals surface area contributed by atoms with E-state index in [4.69, 9.17) is 0 Å². The number of unbranched alkanes of at least 4 members (excludes halogenated alkanes) is 1.